The molecule has 1 aromatic carbocycles. The van der Waals surface area contributed by atoms with E-state index in [1.807, 2.05) is 12.1 Å². The van der Waals surface area contributed by atoms with Crippen LogP contribution in [0, 0.1) is 0 Å². The van der Waals surface area contributed by atoms with Gasteiger partial charge in [-0.15, -0.1) is 0 Å². The van der Waals surface area contributed by atoms with Gasteiger partial charge >= 0.3 is 0 Å². The molecule has 2 N–H and O–H groups in total. The molecular formula is C12H19NO2. The van der Waals surface area contributed by atoms with Crippen LogP contribution in [0.15, 0.2) is 12.1 Å². The summed E-state index contributed by atoms with van der Waals surface area (Å²) < 4.78 is 10.6. The van der Waals surface area contributed by atoms with Gasteiger partial charge in [-0.1, -0.05) is 6.92 Å². The lowest BCUT2D eigenvalue weighted by molar-refractivity contribution is 0.390. The van der Waals surface area contributed by atoms with Crippen LogP contribution in [0.4, 0.5) is 0 Å². The van der Waals surface area contributed by atoms with Crippen LogP contribution in [0.2, 0.25) is 0 Å². The van der Waals surface area contributed by atoms with Crippen LogP contribution in [-0.2, 0) is 12.8 Å². The standard InChI is InChI=1S/C12H19NO2/c1-4-11-9(5-6-13)7-10(14-2)8-12(11)15-3/h7-8H,4-6,13H2,1-3H3. The Morgan fingerprint density at radius 1 is 1.20 bits per heavy atom. The topological polar surface area (TPSA) is 44.5 Å². The van der Waals surface area contributed by atoms with E-state index in [0.29, 0.717) is 6.54 Å². The molecule has 0 amide bonds. The highest BCUT2D eigenvalue weighted by atomic mass is 16.5. The molecular weight excluding hydrogens is 190 g/mol. The Balaban J connectivity index is 3.19. The Labute approximate surface area is 91.2 Å². The fraction of sp³-hybridized carbons (Fsp3) is 0.500. The summed E-state index contributed by atoms with van der Waals surface area (Å²) in [6.45, 7) is 2.76. The predicted octanol–water partition coefficient (Wildman–Crippen LogP) is 1.77. The molecule has 84 valence electrons. The zero-order valence-electron chi connectivity index (χ0n) is 9.67. The summed E-state index contributed by atoms with van der Waals surface area (Å²) in [6.07, 6.45) is 1.80. The van der Waals surface area contributed by atoms with Crippen molar-refractivity contribution in [2.75, 3.05) is 20.8 Å². The molecule has 1 rings (SSSR count). The van der Waals surface area contributed by atoms with Crippen molar-refractivity contribution in [3.8, 4) is 11.5 Å². The minimum atomic E-state index is 0.642. The van der Waals surface area contributed by atoms with Crippen molar-refractivity contribution in [1.29, 1.82) is 0 Å². The lowest BCUT2D eigenvalue weighted by Gasteiger charge is -2.14. The summed E-state index contributed by atoms with van der Waals surface area (Å²) in [6, 6.07) is 3.95. The minimum Gasteiger partial charge on any atom is -0.497 e. The molecule has 0 saturated carbocycles. The second kappa shape index (κ2) is 5.61. The predicted molar refractivity (Wildman–Crippen MR) is 61.7 cm³/mol. The molecule has 0 aliphatic rings. The first-order chi connectivity index (χ1) is 7.26. The van der Waals surface area contributed by atoms with Gasteiger partial charge in [0.05, 0.1) is 14.2 Å². The number of benzene rings is 1. The van der Waals surface area contributed by atoms with E-state index in [9.17, 15) is 0 Å². The molecule has 0 spiro atoms. The molecule has 0 aromatic heterocycles. The molecule has 0 saturated heterocycles. The van der Waals surface area contributed by atoms with E-state index in [0.717, 1.165) is 24.3 Å². The summed E-state index contributed by atoms with van der Waals surface area (Å²) in [5.74, 6) is 1.72. The molecule has 3 heteroatoms. The molecule has 3 nitrogen and oxygen atoms in total. The smallest absolute Gasteiger partial charge is 0.126 e. The third kappa shape index (κ3) is 2.63. The number of methoxy groups -OCH3 is 2. The lowest BCUT2D eigenvalue weighted by Crippen LogP contribution is -2.06. The van der Waals surface area contributed by atoms with Gasteiger partial charge in [-0.05, 0) is 36.6 Å². The van der Waals surface area contributed by atoms with Gasteiger partial charge in [0.1, 0.15) is 11.5 Å². The van der Waals surface area contributed by atoms with Crippen molar-refractivity contribution in [2.24, 2.45) is 5.73 Å². The van der Waals surface area contributed by atoms with Crippen molar-refractivity contribution in [1.82, 2.24) is 0 Å². The van der Waals surface area contributed by atoms with E-state index in [4.69, 9.17) is 15.2 Å². The SMILES string of the molecule is CCc1c(CCN)cc(OC)cc1OC. The number of ether oxygens (including phenoxy) is 2. The summed E-state index contributed by atoms with van der Waals surface area (Å²) >= 11 is 0. The van der Waals surface area contributed by atoms with E-state index in [1.54, 1.807) is 14.2 Å². The monoisotopic (exact) mass is 209 g/mol. The van der Waals surface area contributed by atoms with Crippen molar-refractivity contribution in [2.45, 2.75) is 19.8 Å². The Morgan fingerprint density at radius 2 is 1.93 bits per heavy atom. The zero-order valence-corrected chi connectivity index (χ0v) is 9.67. The molecule has 0 heterocycles. The Hall–Kier alpha value is -1.22. The van der Waals surface area contributed by atoms with Gasteiger partial charge in [-0.25, -0.2) is 0 Å². The average Bonchev–Trinajstić information content (AvgIpc) is 2.28. The second-order valence-corrected chi connectivity index (χ2v) is 3.36. The van der Waals surface area contributed by atoms with E-state index in [1.165, 1.54) is 11.1 Å². The van der Waals surface area contributed by atoms with Gasteiger partial charge in [0.15, 0.2) is 0 Å². The first kappa shape index (κ1) is 11.9. The molecule has 0 unspecified atom stereocenters. The first-order valence-corrected chi connectivity index (χ1v) is 5.20. The lowest BCUT2D eigenvalue weighted by atomic mass is 10.0. The highest BCUT2D eigenvalue weighted by Gasteiger charge is 2.09. The van der Waals surface area contributed by atoms with E-state index >= 15 is 0 Å². The number of hydrogen-bond donors (Lipinski definition) is 1. The summed E-state index contributed by atoms with van der Waals surface area (Å²) in [5.41, 5.74) is 8.03. The van der Waals surface area contributed by atoms with Crippen LogP contribution >= 0.6 is 0 Å². The molecule has 15 heavy (non-hydrogen) atoms. The van der Waals surface area contributed by atoms with Crippen LogP contribution in [0.25, 0.3) is 0 Å². The maximum Gasteiger partial charge on any atom is 0.126 e. The molecule has 0 atom stereocenters. The highest BCUT2D eigenvalue weighted by Crippen LogP contribution is 2.29. The van der Waals surface area contributed by atoms with Crippen LogP contribution in [0.3, 0.4) is 0 Å². The van der Waals surface area contributed by atoms with Crippen molar-refractivity contribution in [3.05, 3.63) is 23.3 Å². The maximum atomic E-state index is 5.59. The van der Waals surface area contributed by atoms with Crippen LogP contribution in [0.5, 0.6) is 11.5 Å². The van der Waals surface area contributed by atoms with Gasteiger partial charge in [-0.2, -0.15) is 0 Å². The second-order valence-electron chi connectivity index (χ2n) is 3.36. The highest BCUT2D eigenvalue weighted by molar-refractivity contribution is 5.46. The molecule has 0 aliphatic heterocycles. The zero-order chi connectivity index (χ0) is 11.3. The number of hydrogen-bond acceptors (Lipinski definition) is 3. The Kier molecular flexibility index (Phi) is 4.43. The molecule has 0 aliphatic carbocycles. The number of nitrogens with two attached hydrogens (primary N) is 1. The van der Waals surface area contributed by atoms with Gasteiger partial charge < -0.3 is 15.2 Å². The molecule has 0 radical (unpaired) electrons. The van der Waals surface area contributed by atoms with E-state index in [-0.39, 0.29) is 0 Å². The van der Waals surface area contributed by atoms with Crippen molar-refractivity contribution < 1.29 is 9.47 Å². The Bertz CT molecular complexity index is 324. The van der Waals surface area contributed by atoms with Crippen molar-refractivity contribution >= 4 is 0 Å². The average molecular weight is 209 g/mol. The fourth-order valence-corrected chi connectivity index (χ4v) is 1.75. The van der Waals surface area contributed by atoms with E-state index < -0.39 is 0 Å². The summed E-state index contributed by atoms with van der Waals surface area (Å²) in [5, 5.41) is 0. The summed E-state index contributed by atoms with van der Waals surface area (Å²) in [7, 11) is 3.34. The fourth-order valence-electron chi connectivity index (χ4n) is 1.75. The molecule has 0 fully saturated rings. The van der Waals surface area contributed by atoms with Gasteiger partial charge in [0, 0.05) is 6.07 Å². The number of rotatable bonds is 5. The Morgan fingerprint density at radius 3 is 2.40 bits per heavy atom. The van der Waals surface area contributed by atoms with Crippen molar-refractivity contribution in [3.63, 3.8) is 0 Å². The molecule has 0 bridgehead atoms. The van der Waals surface area contributed by atoms with Crippen LogP contribution < -0.4 is 15.2 Å². The first-order valence-electron chi connectivity index (χ1n) is 5.20. The largest absolute Gasteiger partial charge is 0.497 e. The third-order valence-electron chi connectivity index (χ3n) is 2.50. The maximum absolute atomic E-state index is 5.59. The normalized spacial score (nSPS) is 10.1. The van der Waals surface area contributed by atoms with Gasteiger partial charge in [0.25, 0.3) is 0 Å². The third-order valence-corrected chi connectivity index (χ3v) is 2.50. The van der Waals surface area contributed by atoms with Gasteiger partial charge in [-0.3, -0.25) is 0 Å². The molecule has 1 aromatic rings. The summed E-state index contributed by atoms with van der Waals surface area (Å²) in [4.78, 5) is 0. The van der Waals surface area contributed by atoms with Crippen LogP contribution in [-0.4, -0.2) is 20.8 Å². The quantitative estimate of drug-likeness (QED) is 0.803. The van der Waals surface area contributed by atoms with Gasteiger partial charge in [0.2, 0.25) is 0 Å². The van der Waals surface area contributed by atoms with Crippen LogP contribution in [0.1, 0.15) is 18.1 Å². The van der Waals surface area contributed by atoms with E-state index in [2.05, 4.69) is 6.92 Å². The minimum absolute atomic E-state index is 0.642.